The normalized spacial score (nSPS) is 11.8. The van der Waals surface area contributed by atoms with Gasteiger partial charge in [-0.2, -0.15) is 0 Å². The van der Waals surface area contributed by atoms with Crippen LogP contribution >= 0.6 is 0 Å². The third-order valence-electron chi connectivity index (χ3n) is 4.20. The summed E-state index contributed by atoms with van der Waals surface area (Å²) in [6.07, 6.45) is 1.61. The highest BCUT2D eigenvalue weighted by molar-refractivity contribution is 7.92. The minimum Gasteiger partial charge on any atom is -0.494 e. The number of methoxy groups -OCH3 is 1. The lowest BCUT2D eigenvalue weighted by Crippen LogP contribution is -2.14. The molecule has 27 heavy (non-hydrogen) atoms. The summed E-state index contributed by atoms with van der Waals surface area (Å²) in [4.78, 5) is 18.1. The highest BCUT2D eigenvalue weighted by Gasteiger charge is 2.21. The number of aromatic amines is 1. The number of ether oxygens (including phenoxy) is 1. The van der Waals surface area contributed by atoms with Gasteiger partial charge in [0.2, 0.25) is 0 Å². The number of benzene rings is 2. The van der Waals surface area contributed by atoms with Crippen molar-refractivity contribution in [3.05, 3.63) is 58.7 Å². The van der Waals surface area contributed by atoms with Crippen LogP contribution in [-0.4, -0.2) is 25.5 Å². The van der Waals surface area contributed by atoms with Crippen molar-refractivity contribution in [2.75, 3.05) is 11.8 Å². The van der Waals surface area contributed by atoms with E-state index in [4.69, 9.17) is 9.15 Å². The quantitative estimate of drug-likeness (QED) is 0.558. The molecule has 0 amide bonds. The summed E-state index contributed by atoms with van der Waals surface area (Å²) in [6.45, 7) is 1.65. The molecule has 4 rings (SSSR count). The molecule has 9 heteroatoms. The van der Waals surface area contributed by atoms with E-state index >= 15 is 0 Å². The van der Waals surface area contributed by atoms with Crippen LogP contribution in [0.1, 0.15) is 5.56 Å². The van der Waals surface area contributed by atoms with Crippen molar-refractivity contribution in [2.45, 2.75) is 11.8 Å². The molecule has 0 fully saturated rings. The molecule has 0 saturated carbocycles. The molecular formula is C18H15N3O5S. The van der Waals surface area contributed by atoms with E-state index in [-0.39, 0.29) is 10.5 Å². The summed E-state index contributed by atoms with van der Waals surface area (Å²) in [5, 5.41) is 0.604. The zero-order chi connectivity index (χ0) is 19.2. The van der Waals surface area contributed by atoms with Crippen molar-refractivity contribution in [3.8, 4) is 5.75 Å². The molecule has 0 saturated heterocycles. The predicted octanol–water partition coefficient (Wildman–Crippen LogP) is 2.79. The van der Waals surface area contributed by atoms with Gasteiger partial charge in [-0.05, 0) is 42.8 Å². The van der Waals surface area contributed by atoms with Gasteiger partial charge < -0.3 is 9.15 Å². The van der Waals surface area contributed by atoms with E-state index in [2.05, 4.69) is 14.7 Å². The number of hydrogen-bond donors (Lipinski definition) is 2. The van der Waals surface area contributed by atoms with Crippen LogP contribution in [0, 0.1) is 6.92 Å². The number of H-pyrrole nitrogens is 1. The zero-order valence-electron chi connectivity index (χ0n) is 14.4. The Balaban J connectivity index is 1.84. The number of pyridine rings is 1. The molecule has 0 spiro atoms. The fraction of sp³-hybridized carbons (Fsp3) is 0.111. The van der Waals surface area contributed by atoms with E-state index in [9.17, 15) is 13.2 Å². The Morgan fingerprint density at radius 3 is 2.81 bits per heavy atom. The van der Waals surface area contributed by atoms with Crippen molar-refractivity contribution in [1.82, 2.24) is 9.97 Å². The van der Waals surface area contributed by atoms with E-state index in [1.54, 1.807) is 43.5 Å². The van der Waals surface area contributed by atoms with E-state index in [1.807, 2.05) is 0 Å². The maximum Gasteiger partial charge on any atom is 0.417 e. The standard InChI is InChI=1S/C18H15N3O5S/c1-10-8-13-15(26-18(22)20-13)9-16(10)27(23,24)21-12-5-6-14(25-2)17-11(12)4-3-7-19-17/h3-9,21H,1-2H3,(H,20,22). The van der Waals surface area contributed by atoms with Gasteiger partial charge in [-0.1, -0.05) is 0 Å². The number of aryl methyl sites for hydroxylation is 1. The molecule has 0 aliphatic heterocycles. The Morgan fingerprint density at radius 2 is 2.04 bits per heavy atom. The van der Waals surface area contributed by atoms with Crippen molar-refractivity contribution >= 4 is 37.7 Å². The Morgan fingerprint density at radius 1 is 1.22 bits per heavy atom. The smallest absolute Gasteiger partial charge is 0.417 e. The summed E-state index contributed by atoms with van der Waals surface area (Å²) >= 11 is 0. The number of aromatic nitrogens is 2. The fourth-order valence-corrected chi connectivity index (χ4v) is 4.30. The largest absolute Gasteiger partial charge is 0.494 e. The Kier molecular flexibility index (Phi) is 3.88. The molecule has 2 N–H and O–H groups in total. The Hall–Kier alpha value is -3.33. The van der Waals surface area contributed by atoms with Crippen molar-refractivity contribution in [1.29, 1.82) is 0 Å². The number of nitrogens with zero attached hydrogens (tertiary/aromatic N) is 1. The van der Waals surface area contributed by atoms with Crippen LogP contribution in [0.2, 0.25) is 0 Å². The van der Waals surface area contributed by atoms with Gasteiger partial charge in [0.05, 0.1) is 23.2 Å². The van der Waals surface area contributed by atoms with Crippen molar-refractivity contribution in [3.63, 3.8) is 0 Å². The number of fused-ring (bicyclic) bond motifs is 2. The van der Waals surface area contributed by atoms with Crippen molar-refractivity contribution in [2.24, 2.45) is 0 Å². The van der Waals surface area contributed by atoms with Crippen LogP contribution < -0.4 is 15.2 Å². The zero-order valence-corrected chi connectivity index (χ0v) is 15.3. The van der Waals surface area contributed by atoms with E-state index in [1.165, 1.54) is 13.2 Å². The first-order valence-corrected chi connectivity index (χ1v) is 9.45. The maximum atomic E-state index is 13.0. The summed E-state index contributed by atoms with van der Waals surface area (Å²) in [5.41, 5.74) is 2.00. The van der Waals surface area contributed by atoms with Crippen LogP contribution in [0.4, 0.5) is 5.69 Å². The number of hydrogen-bond acceptors (Lipinski definition) is 6. The third kappa shape index (κ3) is 2.91. The maximum absolute atomic E-state index is 13.0. The molecule has 8 nitrogen and oxygen atoms in total. The molecule has 138 valence electrons. The second-order valence-corrected chi connectivity index (χ2v) is 7.60. The lowest BCUT2D eigenvalue weighted by Gasteiger charge is -2.13. The average Bonchev–Trinajstić information content (AvgIpc) is 3.00. The van der Waals surface area contributed by atoms with Crippen LogP contribution in [0.15, 0.2) is 56.7 Å². The molecule has 0 bridgehead atoms. The summed E-state index contributed by atoms with van der Waals surface area (Å²) in [5.74, 6) is -0.0978. The fourth-order valence-electron chi connectivity index (χ4n) is 2.98. The molecular weight excluding hydrogens is 370 g/mol. The first-order valence-electron chi connectivity index (χ1n) is 7.97. The van der Waals surface area contributed by atoms with Gasteiger partial charge in [-0.25, -0.2) is 13.2 Å². The van der Waals surface area contributed by atoms with E-state index in [0.717, 1.165) is 0 Å². The summed E-state index contributed by atoms with van der Waals surface area (Å²) in [7, 11) is -2.41. The molecule has 0 aliphatic rings. The van der Waals surface area contributed by atoms with E-state index < -0.39 is 15.8 Å². The second kappa shape index (κ2) is 6.13. The molecule has 2 heterocycles. The highest BCUT2D eigenvalue weighted by Crippen LogP contribution is 2.32. The van der Waals surface area contributed by atoms with E-state index in [0.29, 0.717) is 33.4 Å². The summed E-state index contributed by atoms with van der Waals surface area (Å²) in [6, 6.07) is 9.62. The SMILES string of the molecule is COc1ccc(NS(=O)(=O)c2cc3oc(=O)[nH]c3cc2C)c2cccnc12. The van der Waals surface area contributed by atoms with Gasteiger partial charge in [0.15, 0.2) is 5.58 Å². The molecule has 2 aromatic heterocycles. The van der Waals surface area contributed by atoms with Gasteiger partial charge >= 0.3 is 5.76 Å². The van der Waals surface area contributed by atoms with Crippen LogP contribution in [0.25, 0.3) is 22.0 Å². The average molecular weight is 385 g/mol. The minimum absolute atomic E-state index is 0.0191. The molecule has 2 aromatic carbocycles. The van der Waals surface area contributed by atoms with Gasteiger partial charge in [0, 0.05) is 17.6 Å². The van der Waals surface area contributed by atoms with Crippen LogP contribution in [0.3, 0.4) is 0 Å². The minimum atomic E-state index is -3.93. The lowest BCUT2D eigenvalue weighted by molar-refractivity contribution is 0.419. The molecule has 0 atom stereocenters. The summed E-state index contributed by atoms with van der Waals surface area (Å²) < 4.78 is 38.8. The lowest BCUT2D eigenvalue weighted by atomic mass is 10.2. The number of oxazole rings is 1. The Labute approximate surface area is 153 Å². The van der Waals surface area contributed by atoms with Gasteiger partial charge in [-0.3, -0.25) is 14.7 Å². The van der Waals surface area contributed by atoms with Crippen LogP contribution in [0.5, 0.6) is 5.75 Å². The van der Waals surface area contributed by atoms with Gasteiger partial charge in [0.1, 0.15) is 11.3 Å². The van der Waals surface area contributed by atoms with Crippen molar-refractivity contribution < 1.29 is 17.6 Å². The van der Waals surface area contributed by atoms with Crippen LogP contribution in [-0.2, 0) is 10.0 Å². The molecule has 0 unspecified atom stereocenters. The first-order chi connectivity index (χ1) is 12.9. The third-order valence-corrected chi connectivity index (χ3v) is 5.71. The number of nitrogens with one attached hydrogen (secondary N) is 2. The van der Waals surface area contributed by atoms with Gasteiger partial charge in [-0.15, -0.1) is 0 Å². The molecule has 4 aromatic rings. The molecule has 0 radical (unpaired) electrons. The number of sulfonamides is 1. The topological polar surface area (TPSA) is 114 Å². The van der Waals surface area contributed by atoms with Gasteiger partial charge in [0.25, 0.3) is 10.0 Å². The molecule has 0 aliphatic carbocycles. The Bertz CT molecular complexity index is 1340. The predicted molar refractivity (Wildman–Crippen MR) is 101 cm³/mol. The number of anilines is 1. The monoisotopic (exact) mass is 385 g/mol. The second-order valence-electron chi connectivity index (χ2n) is 5.95. The highest BCUT2D eigenvalue weighted by atomic mass is 32.2. The number of rotatable bonds is 4. The first kappa shape index (κ1) is 17.1.